The van der Waals surface area contributed by atoms with Crippen LogP contribution in [0.1, 0.15) is 11.1 Å². The second kappa shape index (κ2) is 7.83. The van der Waals surface area contributed by atoms with E-state index in [-0.39, 0.29) is 18.5 Å². The zero-order chi connectivity index (χ0) is 16.1. The largest absolute Gasteiger partial charge is 0.488 e. The second-order valence-electron chi connectivity index (χ2n) is 5.38. The molecular weight excluding hydrogens is 319 g/mol. The molecular formula is C16H19FN2O3S. The molecule has 1 fully saturated rings. The molecule has 23 heavy (non-hydrogen) atoms. The summed E-state index contributed by atoms with van der Waals surface area (Å²) in [5.74, 6) is -0.260. The first kappa shape index (κ1) is 16.3. The lowest BCUT2D eigenvalue weighted by Gasteiger charge is -2.33. The maximum Gasteiger partial charge on any atom is 0.165 e. The minimum Gasteiger partial charge on any atom is -0.488 e. The Morgan fingerprint density at radius 1 is 1.48 bits per heavy atom. The lowest BCUT2D eigenvalue weighted by Crippen LogP contribution is -2.43. The average molecular weight is 338 g/mol. The number of ether oxygens (including phenoxy) is 2. The molecule has 0 aliphatic carbocycles. The van der Waals surface area contributed by atoms with Crippen molar-refractivity contribution < 1.29 is 19.0 Å². The minimum atomic E-state index is -0.690. The Morgan fingerprint density at radius 3 is 3.13 bits per heavy atom. The van der Waals surface area contributed by atoms with E-state index in [2.05, 4.69) is 9.88 Å². The standard InChI is InChI=1S/C16H19FN2O3S/c17-13-3-1-2-4-14(13)22-11-12(20)9-19-6-7-21-15(10-19)16-18-5-8-23-16/h1-5,8,12,15,20H,6-7,9-11H2/t12-,15-/m1/s1. The number of hydrogen-bond acceptors (Lipinski definition) is 6. The molecule has 0 bridgehead atoms. The third kappa shape index (κ3) is 4.48. The van der Waals surface area contributed by atoms with Gasteiger partial charge in [0.1, 0.15) is 23.8 Å². The van der Waals surface area contributed by atoms with Crippen molar-refractivity contribution in [3.05, 3.63) is 46.7 Å². The number of thiazole rings is 1. The maximum atomic E-state index is 13.5. The van der Waals surface area contributed by atoms with Crippen LogP contribution in [-0.2, 0) is 4.74 Å². The number of halogens is 1. The summed E-state index contributed by atoms with van der Waals surface area (Å²) >= 11 is 1.57. The van der Waals surface area contributed by atoms with Gasteiger partial charge in [-0.25, -0.2) is 9.37 Å². The van der Waals surface area contributed by atoms with Gasteiger partial charge in [-0.2, -0.15) is 0 Å². The molecule has 5 nitrogen and oxygen atoms in total. The summed E-state index contributed by atoms with van der Waals surface area (Å²) in [5.41, 5.74) is 0. The first-order valence-corrected chi connectivity index (χ1v) is 8.39. The van der Waals surface area contributed by atoms with E-state index in [9.17, 15) is 9.50 Å². The molecule has 2 aromatic rings. The van der Waals surface area contributed by atoms with Crippen molar-refractivity contribution in [3.8, 4) is 5.75 Å². The highest BCUT2D eigenvalue weighted by Gasteiger charge is 2.25. The van der Waals surface area contributed by atoms with E-state index in [0.29, 0.717) is 19.7 Å². The van der Waals surface area contributed by atoms with Gasteiger partial charge in [0.25, 0.3) is 0 Å². The molecule has 0 amide bonds. The van der Waals surface area contributed by atoms with Crippen LogP contribution in [0.3, 0.4) is 0 Å². The molecule has 0 radical (unpaired) electrons. The van der Waals surface area contributed by atoms with Crippen molar-refractivity contribution in [2.45, 2.75) is 12.2 Å². The lowest BCUT2D eigenvalue weighted by atomic mass is 10.2. The van der Waals surface area contributed by atoms with Gasteiger partial charge in [-0.15, -0.1) is 11.3 Å². The summed E-state index contributed by atoms with van der Waals surface area (Å²) in [6, 6.07) is 6.19. The van der Waals surface area contributed by atoms with Gasteiger partial charge in [0, 0.05) is 31.2 Å². The Balaban J connectivity index is 1.47. The van der Waals surface area contributed by atoms with Crippen LogP contribution >= 0.6 is 11.3 Å². The van der Waals surface area contributed by atoms with Crippen LogP contribution in [0.15, 0.2) is 35.8 Å². The molecule has 2 atom stereocenters. The van der Waals surface area contributed by atoms with Crippen LogP contribution in [0.2, 0.25) is 0 Å². The Hall–Kier alpha value is -1.54. The van der Waals surface area contributed by atoms with Crippen LogP contribution in [-0.4, -0.2) is 53.9 Å². The molecule has 7 heteroatoms. The SMILES string of the molecule is O[C@@H](COc1ccccc1F)CN1CCO[C@@H](c2nccs2)C1. The zero-order valence-corrected chi connectivity index (χ0v) is 13.4. The zero-order valence-electron chi connectivity index (χ0n) is 12.6. The van der Waals surface area contributed by atoms with Crippen LogP contribution in [0.5, 0.6) is 5.75 Å². The number of aromatic nitrogens is 1. The van der Waals surface area contributed by atoms with E-state index in [0.717, 1.165) is 11.6 Å². The van der Waals surface area contributed by atoms with Gasteiger partial charge in [0.05, 0.1) is 6.61 Å². The Morgan fingerprint density at radius 2 is 2.35 bits per heavy atom. The first-order chi connectivity index (χ1) is 11.2. The van der Waals surface area contributed by atoms with Gasteiger partial charge in [0.15, 0.2) is 11.6 Å². The van der Waals surface area contributed by atoms with Gasteiger partial charge < -0.3 is 14.6 Å². The van der Waals surface area contributed by atoms with Crippen LogP contribution < -0.4 is 4.74 Å². The Kier molecular flexibility index (Phi) is 5.56. The molecule has 1 aliphatic heterocycles. The molecule has 1 aliphatic rings. The highest BCUT2D eigenvalue weighted by Crippen LogP contribution is 2.24. The summed E-state index contributed by atoms with van der Waals surface area (Å²) < 4.78 is 24.5. The van der Waals surface area contributed by atoms with E-state index in [1.165, 1.54) is 6.07 Å². The molecule has 124 valence electrons. The summed E-state index contributed by atoms with van der Waals surface area (Å²) in [6.07, 6.45) is 1.02. The van der Waals surface area contributed by atoms with E-state index in [1.807, 2.05) is 5.38 Å². The third-order valence-electron chi connectivity index (χ3n) is 3.61. The maximum absolute atomic E-state index is 13.5. The number of hydrogen-bond donors (Lipinski definition) is 1. The topological polar surface area (TPSA) is 54.8 Å². The van der Waals surface area contributed by atoms with Gasteiger partial charge in [-0.3, -0.25) is 4.90 Å². The molecule has 0 spiro atoms. The fourth-order valence-electron chi connectivity index (χ4n) is 2.51. The predicted molar refractivity (Wildman–Crippen MR) is 85.1 cm³/mol. The quantitative estimate of drug-likeness (QED) is 0.874. The van der Waals surface area contributed by atoms with Crippen molar-refractivity contribution in [2.24, 2.45) is 0 Å². The summed E-state index contributed by atoms with van der Waals surface area (Å²) in [5, 5.41) is 13.0. The molecule has 1 aromatic heterocycles. The highest BCUT2D eigenvalue weighted by molar-refractivity contribution is 7.09. The molecule has 3 rings (SSSR count). The summed E-state index contributed by atoms with van der Waals surface area (Å²) in [6.45, 7) is 2.55. The number of aliphatic hydroxyl groups is 1. The second-order valence-corrected chi connectivity index (χ2v) is 6.31. The first-order valence-electron chi connectivity index (χ1n) is 7.51. The lowest BCUT2D eigenvalue weighted by molar-refractivity contribution is -0.0461. The van der Waals surface area contributed by atoms with Crippen molar-refractivity contribution in [2.75, 3.05) is 32.8 Å². The number of nitrogens with zero attached hydrogens (tertiary/aromatic N) is 2. The summed E-state index contributed by atoms with van der Waals surface area (Å²) in [4.78, 5) is 6.39. The fraction of sp³-hybridized carbons (Fsp3) is 0.438. The number of morpholine rings is 1. The highest BCUT2D eigenvalue weighted by atomic mass is 32.1. The van der Waals surface area contributed by atoms with Gasteiger partial charge in [-0.1, -0.05) is 12.1 Å². The number of β-amino-alcohol motifs (C(OH)–C–C–N with tert-alkyl or cyclic N) is 1. The average Bonchev–Trinajstić information content (AvgIpc) is 3.09. The Labute approximate surface area is 138 Å². The van der Waals surface area contributed by atoms with Crippen molar-refractivity contribution in [3.63, 3.8) is 0 Å². The molecule has 1 aromatic carbocycles. The summed E-state index contributed by atoms with van der Waals surface area (Å²) in [7, 11) is 0. The van der Waals surface area contributed by atoms with E-state index < -0.39 is 11.9 Å². The van der Waals surface area contributed by atoms with Crippen LogP contribution in [0.4, 0.5) is 4.39 Å². The van der Waals surface area contributed by atoms with E-state index in [1.54, 1.807) is 35.7 Å². The molecule has 1 saturated heterocycles. The van der Waals surface area contributed by atoms with E-state index >= 15 is 0 Å². The monoisotopic (exact) mass is 338 g/mol. The normalized spacial score (nSPS) is 20.3. The molecule has 1 N–H and O–H groups in total. The van der Waals surface area contributed by atoms with Crippen LogP contribution in [0, 0.1) is 5.82 Å². The van der Waals surface area contributed by atoms with Crippen molar-refractivity contribution >= 4 is 11.3 Å². The van der Waals surface area contributed by atoms with Crippen LogP contribution in [0.25, 0.3) is 0 Å². The number of aliphatic hydroxyl groups excluding tert-OH is 1. The molecule has 0 unspecified atom stereocenters. The van der Waals surface area contributed by atoms with Gasteiger partial charge in [0.2, 0.25) is 0 Å². The van der Waals surface area contributed by atoms with Crippen molar-refractivity contribution in [1.29, 1.82) is 0 Å². The molecule has 2 heterocycles. The number of rotatable bonds is 6. The Bertz CT molecular complexity index is 611. The third-order valence-corrected chi connectivity index (χ3v) is 4.48. The van der Waals surface area contributed by atoms with Gasteiger partial charge in [-0.05, 0) is 12.1 Å². The molecule has 0 saturated carbocycles. The van der Waals surface area contributed by atoms with E-state index in [4.69, 9.17) is 9.47 Å². The number of benzene rings is 1. The number of para-hydroxylation sites is 1. The smallest absolute Gasteiger partial charge is 0.165 e. The minimum absolute atomic E-state index is 0.0524. The predicted octanol–water partition coefficient (Wildman–Crippen LogP) is 2.10. The fourth-order valence-corrected chi connectivity index (χ4v) is 3.19. The van der Waals surface area contributed by atoms with Crippen molar-refractivity contribution in [1.82, 2.24) is 9.88 Å². The van der Waals surface area contributed by atoms with Gasteiger partial charge >= 0.3 is 0 Å².